The van der Waals surface area contributed by atoms with E-state index in [4.69, 9.17) is 0 Å². The van der Waals surface area contributed by atoms with Gasteiger partial charge in [-0.3, -0.25) is 0 Å². The van der Waals surface area contributed by atoms with Gasteiger partial charge in [-0.25, -0.2) is 0 Å². The van der Waals surface area contributed by atoms with Crippen molar-refractivity contribution >= 4 is 5.69 Å². The third-order valence-corrected chi connectivity index (χ3v) is 3.20. The Labute approximate surface area is 86.7 Å². The lowest BCUT2D eigenvalue weighted by molar-refractivity contribution is 0.495. The minimum Gasteiger partial charge on any atom is -0.366 e. The molecule has 0 spiro atoms. The first-order valence-electron chi connectivity index (χ1n) is 5.42. The predicted octanol–water partition coefficient (Wildman–Crippen LogP) is 3.16. The summed E-state index contributed by atoms with van der Waals surface area (Å²) >= 11 is 0. The van der Waals surface area contributed by atoms with E-state index in [1.807, 2.05) is 0 Å². The Balaban J connectivity index is 2.48. The molecule has 0 amide bonds. The van der Waals surface area contributed by atoms with E-state index in [-0.39, 0.29) is 0 Å². The summed E-state index contributed by atoms with van der Waals surface area (Å²) in [6.45, 7) is 10.2. The fourth-order valence-corrected chi connectivity index (χ4v) is 2.61. The molecule has 1 aromatic rings. The molecule has 14 heavy (non-hydrogen) atoms. The monoisotopic (exact) mass is 189 g/mol. The van der Waals surface area contributed by atoms with Crippen LogP contribution in [0, 0.1) is 6.92 Å². The number of likely N-dealkylation sites (N-methyl/N-ethyl adjacent to an activating group) is 1. The molecule has 1 heteroatoms. The number of nitrogens with zero attached hydrogens (tertiary/aromatic N) is 1. The number of anilines is 1. The van der Waals surface area contributed by atoms with Gasteiger partial charge in [0.15, 0.2) is 0 Å². The van der Waals surface area contributed by atoms with Crippen molar-refractivity contribution in [1.82, 2.24) is 0 Å². The summed E-state index contributed by atoms with van der Waals surface area (Å²) in [7, 11) is 0. The molecule has 0 N–H and O–H groups in total. The molecule has 0 bridgehead atoms. The summed E-state index contributed by atoms with van der Waals surface area (Å²) < 4.78 is 0. The van der Waals surface area contributed by atoms with Crippen molar-refractivity contribution < 1.29 is 0 Å². The molecular formula is C13H19N. The van der Waals surface area contributed by atoms with Gasteiger partial charge in [0.1, 0.15) is 0 Å². The summed E-state index contributed by atoms with van der Waals surface area (Å²) in [5.41, 5.74) is 4.61. The Morgan fingerprint density at radius 3 is 2.71 bits per heavy atom. The van der Waals surface area contributed by atoms with Crippen LogP contribution in [0.25, 0.3) is 0 Å². The van der Waals surface area contributed by atoms with Crippen LogP contribution in [0.1, 0.15) is 31.9 Å². The fourth-order valence-electron chi connectivity index (χ4n) is 2.61. The zero-order valence-electron chi connectivity index (χ0n) is 9.59. The zero-order chi connectivity index (χ0) is 10.3. The molecule has 0 atom stereocenters. The van der Waals surface area contributed by atoms with Crippen LogP contribution in [0.3, 0.4) is 0 Å². The molecule has 1 heterocycles. The first kappa shape index (κ1) is 9.57. The molecule has 0 unspecified atom stereocenters. The number of benzene rings is 1. The third-order valence-electron chi connectivity index (χ3n) is 3.20. The van der Waals surface area contributed by atoms with Crippen LogP contribution in [0.15, 0.2) is 18.2 Å². The van der Waals surface area contributed by atoms with Gasteiger partial charge in [0.2, 0.25) is 0 Å². The molecule has 0 fully saturated rings. The van der Waals surface area contributed by atoms with Gasteiger partial charge in [0.25, 0.3) is 0 Å². The van der Waals surface area contributed by atoms with Gasteiger partial charge in [0, 0.05) is 17.8 Å². The molecule has 1 aliphatic heterocycles. The van der Waals surface area contributed by atoms with E-state index in [2.05, 4.69) is 50.8 Å². The lowest BCUT2D eigenvalue weighted by atomic mass is 9.99. The predicted molar refractivity (Wildman–Crippen MR) is 62.0 cm³/mol. The van der Waals surface area contributed by atoms with Crippen LogP contribution in [0.2, 0.25) is 0 Å². The molecule has 0 aliphatic carbocycles. The van der Waals surface area contributed by atoms with Crippen LogP contribution >= 0.6 is 0 Å². The topological polar surface area (TPSA) is 3.24 Å². The van der Waals surface area contributed by atoms with Gasteiger partial charge in [-0.2, -0.15) is 0 Å². The Bertz CT molecular complexity index is 352. The van der Waals surface area contributed by atoms with Crippen molar-refractivity contribution in [3.63, 3.8) is 0 Å². The van der Waals surface area contributed by atoms with Gasteiger partial charge in [-0.1, -0.05) is 17.7 Å². The Kier molecular flexibility index (Phi) is 2.06. The molecule has 0 saturated heterocycles. The highest BCUT2D eigenvalue weighted by Gasteiger charge is 2.34. The fraction of sp³-hybridized carbons (Fsp3) is 0.538. The minimum atomic E-state index is 0.297. The molecule has 76 valence electrons. The number of fused-ring (bicyclic) bond motifs is 1. The first-order valence-corrected chi connectivity index (χ1v) is 5.42. The summed E-state index contributed by atoms with van der Waals surface area (Å²) in [4.78, 5) is 2.50. The number of hydrogen-bond acceptors (Lipinski definition) is 1. The minimum absolute atomic E-state index is 0.297. The van der Waals surface area contributed by atoms with Crippen molar-refractivity contribution in [2.75, 3.05) is 11.4 Å². The molecule has 1 aromatic carbocycles. The third kappa shape index (κ3) is 1.31. The van der Waals surface area contributed by atoms with E-state index < -0.39 is 0 Å². The average Bonchev–Trinajstić information content (AvgIpc) is 2.33. The van der Waals surface area contributed by atoms with Crippen LogP contribution in [-0.2, 0) is 6.42 Å². The van der Waals surface area contributed by atoms with E-state index in [1.165, 1.54) is 23.2 Å². The van der Waals surface area contributed by atoms with E-state index in [0.29, 0.717) is 5.54 Å². The van der Waals surface area contributed by atoms with Gasteiger partial charge >= 0.3 is 0 Å². The summed E-state index contributed by atoms with van der Waals surface area (Å²) in [6, 6.07) is 6.80. The van der Waals surface area contributed by atoms with Crippen molar-refractivity contribution in [2.45, 2.75) is 39.7 Å². The van der Waals surface area contributed by atoms with Crippen molar-refractivity contribution in [1.29, 1.82) is 0 Å². The molecule has 1 nitrogen and oxygen atoms in total. The van der Waals surface area contributed by atoms with Crippen molar-refractivity contribution in [2.24, 2.45) is 0 Å². The maximum Gasteiger partial charge on any atom is 0.0404 e. The standard InChI is InChI=1S/C13H19N/c1-5-14-12-7-6-10(2)8-11(12)9-13(14,3)4/h6-8H,5,9H2,1-4H3. The quantitative estimate of drug-likeness (QED) is 0.656. The van der Waals surface area contributed by atoms with E-state index in [9.17, 15) is 0 Å². The summed E-state index contributed by atoms with van der Waals surface area (Å²) in [5, 5.41) is 0. The van der Waals surface area contributed by atoms with Gasteiger partial charge < -0.3 is 4.90 Å². The number of aryl methyl sites for hydroxylation is 1. The highest BCUT2D eigenvalue weighted by Crippen LogP contribution is 2.38. The van der Waals surface area contributed by atoms with Gasteiger partial charge in [-0.15, -0.1) is 0 Å². The van der Waals surface area contributed by atoms with Crippen LogP contribution in [-0.4, -0.2) is 12.1 Å². The summed E-state index contributed by atoms with van der Waals surface area (Å²) in [5.74, 6) is 0. The Hall–Kier alpha value is -0.980. The van der Waals surface area contributed by atoms with E-state index in [0.717, 1.165) is 6.54 Å². The first-order chi connectivity index (χ1) is 6.54. The number of hydrogen-bond donors (Lipinski definition) is 0. The van der Waals surface area contributed by atoms with Gasteiger partial charge in [-0.05, 0) is 45.7 Å². The van der Waals surface area contributed by atoms with Crippen LogP contribution < -0.4 is 4.90 Å². The smallest absolute Gasteiger partial charge is 0.0404 e. The van der Waals surface area contributed by atoms with E-state index >= 15 is 0 Å². The maximum atomic E-state index is 2.50. The molecule has 1 aliphatic rings. The molecule has 0 saturated carbocycles. The average molecular weight is 189 g/mol. The SMILES string of the molecule is CCN1c2ccc(C)cc2CC1(C)C. The maximum absolute atomic E-state index is 2.50. The molecule has 2 rings (SSSR count). The second-order valence-corrected chi connectivity index (χ2v) is 4.87. The number of rotatable bonds is 1. The van der Waals surface area contributed by atoms with Crippen molar-refractivity contribution in [3.8, 4) is 0 Å². The Morgan fingerprint density at radius 2 is 2.07 bits per heavy atom. The second kappa shape index (κ2) is 3.01. The lowest BCUT2D eigenvalue weighted by Gasteiger charge is -2.33. The second-order valence-electron chi connectivity index (χ2n) is 4.87. The highest BCUT2D eigenvalue weighted by atomic mass is 15.2. The Morgan fingerprint density at radius 1 is 1.36 bits per heavy atom. The van der Waals surface area contributed by atoms with Crippen LogP contribution in [0.5, 0.6) is 0 Å². The lowest BCUT2D eigenvalue weighted by Crippen LogP contribution is -2.40. The van der Waals surface area contributed by atoms with Gasteiger partial charge in [0.05, 0.1) is 0 Å². The van der Waals surface area contributed by atoms with E-state index in [1.54, 1.807) is 0 Å². The summed E-state index contributed by atoms with van der Waals surface area (Å²) in [6.07, 6.45) is 1.18. The van der Waals surface area contributed by atoms with Crippen molar-refractivity contribution in [3.05, 3.63) is 29.3 Å². The normalized spacial score (nSPS) is 18.4. The molecule has 0 aromatic heterocycles. The highest BCUT2D eigenvalue weighted by molar-refractivity contribution is 5.62. The molecule has 0 radical (unpaired) electrons. The van der Waals surface area contributed by atoms with Crippen LogP contribution in [0.4, 0.5) is 5.69 Å². The largest absolute Gasteiger partial charge is 0.366 e. The molecular weight excluding hydrogens is 170 g/mol. The zero-order valence-corrected chi connectivity index (χ0v) is 9.59.